The van der Waals surface area contributed by atoms with Crippen LogP contribution in [0.3, 0.4) is 0 Å². The van der Waals surface area contributed by atoms with Gasteiger partial charge in [-0.05, 0) is 48.2 Å². The van der Waals surface area contributed by atoms with Crippen molar-refractivity contribution in [2.24, 2.45) is 0 Å². The number of methoxy groups -OCH3 is 1. The van der Waals surface area contributed by atoms with Crippen molar-refractivity contribution < 1.29 is 28.2 Å². The molecule has 0 saturated carbocycles. The van der Waals surface area contributed by atoms with E-state index in [1.54, 1.807) is 24.3 Å². The van der Waals surface area contributed by atoms with Gasteiger partial charge in [0.25, 0.3) is 0 Å². The summed E-state index contributed by atoms with van der Waals surface area (Å²) >= 11 is 0. The van der Waals surface area contributed by atoms with E-state index >= 15 is 0 Å². The lowest BCUT2D eigenvalue weighted by Crippen LogP contribution is -2.33. The topological polar surface area (TPSA) is 75.6 Å². The zero-order valence-corrected chi connectivity index (χ0v) is 14.2. The van der Waals surface area contributed by atoms with Gasteiger partial charge >= 0.3 is 5.97 Å². The van der Waals surface area contributed by atoms with Crippen LogP contribution in [0.1, 0.15) is 30.0 Å². The molecule has 1 atom stereocenters. The van der Waals surface area contributed by atoms with Gasteiger partial charge in [0.05, 0.1) is 7.11 Å². The minimum atomic E-state index is -1.18. The molecule has 0 spiro atoms. The van der Waals surface area contributed by atoms with Crippen LogP contribution in [0.4, 0.5) is 8.78 Å². The summed E-state index contributed by atoms with van der Waals surface area (Å²) in [6.07, 6.45) is 0.829. The number of hydrogen-bond donors (Lipinski definition) is 2. The molecule has 0 aliphatic heterocycles. The summed E-state index contributed by atoms with van der Waals surface area (Å²) in [4.78, 5) is 23.5. The predicted octanol–water partition coefficient (Wildman–Crippen LogP) is 3.24. The maximum Gasteiger partial charge on any atom is 0.330 e. The van der Waals surface area contributed by atoms with Crippen molar-refractivity contribution in [1.82, 2.24) is 5.32 Å². The average Bonchev–Trinajstić information content (AvgIpc) is 2.62. The first-order valence-electron chi connectivity index (χ1n) is 8.00. The van der Waals surface area contributed by atoms with Gasteiger partial charge in [0.15, 0.2) is 17.7 Å². The zero-order chi connectivity index (χ0) is 19.1. The fraction of sp³-hybridized carbons (Fsp3) is 0.263. The second-order valence-corrected chi connectivity index (χ2v) is 5.71. The van der Waals surface area contributed by atoms with Crippen molar-refractivity contribution in [1.29, 1.82) is 0 Å². The normalized spacial score (nSPS) is 11.7. The van der Waals surface area contributed by atoms with E-state index in [1.807, 2.05) is 0 Å². The molecule has 0 aliphatic carbocycles. The summed E-state index contributed by atoms with van der Waals surface area (Å²) in [5, 5.41) is 11.8. The lowest BCUT2D eigenvalue weighted by molar-refractivity contribution is -0.142. The van der Waals surface area contributed by atoms with E-state index in [1.165, 1.54) is 13.2 Å². The summed E-state index contributed by atoms with van der Waals surface area (Å²) in [7, 11) is 1.50. The number of ether oxygens (including phenoxy) is 1. The van der Waals surface area contributed by atoms with Gasteiger partial charge in [0.1, 0.15) is 5.75 Å². The molecule has 0 fully saturated rings. The molecular formula is C19H19F2NO4. The molecule has 0 aliphatic rings. The number of aryl methyl sites for hydroxylation is 1. The van der Waals surface area contributed by atoms with Crippen LogP contribution in [0.25, 0.3) is 0 Å². The summed E-state index contributed by atoms with van der Waals surface area (Å²) in [6.45, 7) is 0. The Hall–Kier alpha value is -2.96. The number of aliphatic carboxylic acids is 1. The molecular weight excluding hydrogens is 344 g/mol. The first-order chi connectivity index (χ1) is 12.4. The van der Waals surface area contributed by atoms with Crippen molar-refractivity contribution in [3.63, 3.8) is 0 Å². The summed E-state index contributed by atoms with van der Waals surface area (Å²) < 4.78 is 31.0. The van der Waals surface area contributed by atoms with Crippen LogP contribution >= 0.6 is 0 Å². The minimum absolute atomic E-state index is 0.0684. The highest BCUT2D eigenvalue weighted by molar-refractivity contribution is 5.84. The summed E-state index contributed by atoms with van der Waals surface area (Å²) in [6, 6.07) is 8.77. The van der Waals surface area contributed by atoms with Gasteiger partial charge in [-0.25, -0.2) is 13.6 Å². The maximum atomic E-state index is 13.1. The van der Waals surface area contributed by atoms with Crippen LogP contribution in [-0.4, -0.2) is 24.1 Å². The van der Waals surface area contributed by atoms with E-state index in [4.69, 9.17) is 4.74 Å². The van der Waals surface area contributed by atoms with E-state index < -0.39 is 29.6 Å². The first-order valence-corrected chi connectivity index (χ1v) is 8.00. The van der Waals surface area contributed by atoms with Crippen LogP contribution in [0.5, 0.6) is 5.75 Å². The van der Waals surface area contributed by atoms with Crippen LogP contribution in [0.2, 0.25) is 0 Å². The number of carboxylic acid groups (broad SMARTS) is 1. The van der Waals surface area contributed by atoms with Crippen LogP contribution in [0.15, 0.2) is 42.5 Å². The fourth-order valence-electron chi connectivity index (χ4n) is 2.47. The number of halogens is 2. The Morgan fingerprint density at radius 3 is 2.38 bits per heavy atom. The molecule has 0 saturated heterocycles. The molecule has 2 rings (SSSR count). The van der Waals surface area contributed by atoms with Gasteiger partial charge in [0.2, 0.25) is 5.91 Å². The minimum Gasteiger partial charge on any atom is -0.497 e. The molecule has 2 N–H and O–H groups in total. The molecule has 1 amide bonds. The van der Waals surface area contributed by atoms with Gasteiger partial charge in [-0.2, -0.15) is 0 Å². The van der Waals surface area contributed by atoms with Gasteiger partial charge in [-0.1, -0.05) is 18.2 Å². The van der Waals surface area contributed by atoms with E-state index in [0.717, 1.165) is 12.1 Å². The lowest BCUT2D eigenvalue weighted by Gasteiger charge is -2.15. The number of carbonyl (C=O) groups excluding carboxylic acids is 1. The van der Waals surface area contributed by atoms with Gasteiger partial charge in [-0.3, -0.25) is 4.79 Å². The lowest BCUT2D eigenvalue weighted by atomic mass is 10.1. The van der Waals surface area contributed by atoms with Crippen molar-refractivity contribution in [2.45, 2.75) is 25.3 Å². The zero-order valence-electron chi connectivity index (χ0n) is 14.2. The number of benzene rings is 2. The average molecular weight is 363 g/mol. The number of amides is 1. The molecule has 1 unspecified atom stereocenters. The Morgan fingerprint density at radius 2 is 1.81 bits per heavy atom. The Balaban J connectivity index is 1.90. The Kier molecular flexibility index (Phi) is 6.66. The van der Waals surface area contributed by atoms with E-state index in [2.05, 4.69) is 5.32 Å². The second kappa shape index (κ2) is 8.94. The van der Waals surface area contributed by atoms with E-state index in [-0.39, 0.29) is 6.42 Å². The molecule has 0 heterocycles. The van der Waals surface area contributed by atoms with Crippen molar-refractivity contribution in [3.05, 3.63) is 65.2 Å². The molecule has 2 aromatic rings. The van der Waals surface area contributed by atoms with Gasteiger partial charge in [-0.15, -0.1) is 0 Å². The third-order valence-corrected chi connectivity index (χ3v) is 3.85. The predicted molar refractivity (Wildman–Crippen MR) is 90.8 cm³/mol. The molecule has 0 aromatic heterocycles. The second-order valence-electron chi connectivity index (χ2n) is 5.71. The molecule has 0 bridgehead atoms. The van der Waals surface area contributed by atoms with Crippen molar-refractivity contribution in [2.75, 3.05) is 7.11 Å². The van der Waals surface area contributed by atoms with Crippen molar-refractivity contribution in [3.8, 4) is 5.75 Å². The summed E-state index contributed by atoms with van der Waals surface area (Å²) in [5.41, 5.74) is 0.994. The van der Waals surface area contributed by atoms with E-state index in [9.17, 15) is 23.5 Å². The molecule has 26 heavy (non-hydrogen) atoms. The number of hydrogen-bond acceptors (Lipinski definition) is 3. The molecule has 0 radical (unpaired) electrons. The Bertz CT molecular complexity index is 778. The standard InChI is InChI=1S/C19H19F2NO4/c1-26-14-8-6-13(7-9-14)18(19(24)25)22-17(23)4-2-3-12-5-10-15(20)16(21)11-12/h5-11,18H,2-4H2,1H3,(H,22,23)(H,24,25). The van der Waals surface area contributed by atoms with Crippen LogP contribution < -0.4 is 10.1 Å². The van der Waals surface area contributed by atoms with Crippen LogP contribution in [-0.2, 0) is 16.0 Å². The van der Waals surface area contributed by atoms with Crippen LogP contribution in [0, 0.1) is 11.6 Å². The molecule has 7 heteroatoms. The fourth-order valence-corrected chi connectivity index (χ4v) is 2.47. The van der Waals surface area contributed by atoms with Crippen molar-refractivity contribution >= 4 is 11.9 Å². The first kappa shape index (κ1) is 19.4. The summed E-state index contributed by atoms with van der Waals surface area (Å²) in [5.74, 6) is -2.89. The Labute approximate surface area is 149 Å². The SMILES string of the molecule is COc1ccc(C(NC(=O)CCCc2ccc(F)c(F)c2)C(=O)O)cc1. The quantitative estimate of drug-likeness (QED) is 0.755. The highest BCUT2D eigenvalue weighted by Crippen LogP contribution is 2.18. The number of nitrogens with one attached hydrogen (secondary N) is 1. The van der Waals surface area contributed by atoms with Gasteiger partial charge < -0.3 is 15.2 Å². The van der Waals surface area contributed by atoms with E-state index in [0.29, 0.717) is 29.7 Å². The molecule has 138 valence electrons. The third kappa shape index (κ3) is 5.27. The smallest absolute Gasteiger partial charge is 0.330 e. The van der Waals surface area contributed by atoms with Gasteiger partial charge in [0, 0.05) is 6.42 Å². The molecule has 5 nitrogen and oxygen atoms in total. The maximum absolute atomic E-state index is 13.1. The highest BCUT2D eigenvalue weighted by Gasteiger charge is 2.21. The molecule has 2 aromatic carbocycles. The number of carbonyl (C=O) groups is 2. The largest absolute Gasteiger partial charge is 0.497 e. The monoisotopic (exact) mass is 363 g/mol. The Morgan fingerprint density at radius 1 is 1.12 bits per heavy atom. The third-order valence-electron chi connectivity index (χ3n) is 3.85. The number of rotatable bonds is 8. The highest BCUT2D eigenvalue weighted by atomic mass is 19.2. The number of carboxylic acids is 1.